The van der Waals surface area contributed by atoms with Crippen molar-refractivity contribution in [3.05, 3.63) is 67.1 Å². The molecule has 0 nitrogen and oxygen atoms in total. The van der Waals surface area contributed by atoms with E-state index in [1.54, 1.807) is 12.1 Å². The molecule has 0 aliphatic rings. The summed E-state index contributed by atoms with van der Waals surface area (Å²) >= 11 is 24.2. The van der Waals surface area contributed by atoms with Crippen LogP contribution in [0.15, 0.2) is 30.3 Å². The predicted molar refractivity (Wildman–Crippen MR) is 80.5 cm³/mol. The third kappa shape index (κ3) is 2.95. The second kappa shape index (κ2) is 5.71. The van der Waals surface area contributed by atoms with Crippen LogP contribution in [0.4, 0.5) is 0 Å². The van der Waals surface area contributed by atoms with Gasteiger partial charge in [0.15, 0.2) is 0 Å². The van der Waals surface area contributed by atoms with Gasteiger partial charge >= 0.3 is 0 Å². The second-order valence-electron chi connectivity index (χ2n) is 4.08. The Hall–Kier alpha value is -0.400. The molecule has 4 heteroatoms. The summed E-state index contributed by atoms with van der Waals surface area (Å²) in [5.41, 5.74) is 3.18. The van der Waals surface area contributed by atoms with Gasteiger partial charge in [0.2, 0.25) is 0 Å². The molecule has 0 aliphatic heterocycles. The van der Waals surface area contributed by atoms with Crippen molar-refractivity contribution < 1.29 is 0 Å². The number of rotatable bonds is 2. The van der Waals surface area contributed by atoms with Gasteiger partial charge in [0.25, 0.3) is 0 Å². The van der Waals surface area contributed by atoms with E-state index in [0.717, 1.165) is 16.7 Å². The highest BCUT2D eigenvalue weighted by Gasteiger charge is 2.09. The molecule has 0 aliphatic carbocycles. The first kappa shape index (κ1) is 14.0. The molecule has 2 rings (SSSR count). The lowest BCUT2D eigenvalue weighted by molar-refractivity contribution is 1.16. The number of hydrogen-bond donors (Lipinski definition) is 0. The molecule has 0 radical (unpaired) electrons. The van der Waals surface area contributed by atoms with Crippen molar-refractivity contribution in [2.75, 3.05) is 0 Å². The van der Waals surface area contributed by atoms with E-state index in [0.29, 0.717) is 26.5 Å². The maximum absolute atomic E-state index is 6.23. The third-order valence-electron chi connectivity index (χ3n) is 2.80. The molecule has 0 fully saturated rings. The van der Waals surface area contributed by atoms with Crippen molar-refractivity contribution in [3.8, 4) is 0 Å². The molecule has 18 heavy (non-hydrogen) atoms. The van der Waals surface area contributed by atoms with Crippen molar-refractivity contribution >= 4 is 46.4 Å². The van der Waals surface area contributed by atoms with Crippen LogP contribution in [-0.4, -0.2) is 0 Å². The van der Waals surface area contributed by atoms with Crippen LogP contribution in [0.2, 0.25) is 20.1 Å². The Morgan fingerprint density at radius 3 is 2.17 bits per heavy atom. The van der Waals surface area contributed by atoms with Crippen molar-refractivity contribution in [1.29, 1.82) is 0 Å². The summed E-state index contributed by atoms with van der Waals surface area (Å²) in [6.45, 7) is 2.01. The zero-order valence-corrected chi connectivity index (χ0v) is 12.6. The largest absolute Gasteiger partial charge is 0.0827 e. The molecule has 0 saturated heterocycles. The van der Waals surface area contributed by atoms with Crippen molar-refractivity contribution in [2.45, 2.75) is 13.3 Å². The number of hydrogen-bond acceptors (Lipinski definition) is 0. The molecule has 0 N–H and O–H groups in total. The molecule has 0 atom stereocenters. The van der Waals surface area contributed by atoms with E-state index in [1.165, 1.54) is 0 Å². The number of halogens is 4. The molecule has 0 amide bonds. The molecule has 0 aromatic heterocycles. The maximum atomic E-state index is 6.23. The highest BCUT2D eigenvalue weighted by Crippen LogP contribution is 2.31. The van der Waals surface area contributed by atoms with Crippen LogP contribution in [0, 0.1) is 6.92 Å². The summed E-state index contributed by atoms with van der Waals surface area (Å²) in [5, 5.41) is 2.26. The Bertz CT molecular complexity index is 591. The standard InChI is InChI=1S/C14H10Cl4/c1-8-2-4-12(16)14(18)10(8)6-9-3-5-11(15)13(17)7-9/h2-5,7H,6H2,1H3. The Kier molecular flexibility index (Phi) is 4.45. The lowest BCUT2D eigenvalue weighted by atomic mass is 10.0. The molecule has 0 unspecified atom stereocenters. The van der Waals surface area contributed by atoms with Crippen molar-refractivity contribution in [1.82, 2.24) is 0 Å². The van der Waals surface area contributed by atoms with E-state index in [4.69, 9.17) is 46.4 Å². The molecule has 0 heterocycles. The van der Waals surface area contributed by atoms with Crippen LogP contribution in [0.3, 0.4) is 0 Å². The first-order valence-corrected chi connectivity index (χ1v) is 6.87. The summed E-state index contributed by atoms with van der Waals surface area (Å²) in [7, 11) is 0. The Morgan fingerprint density at radius 2 is 1.50 bits per heavy atom. The summed E-state index contributed by atoms with van der Waals surface area (Å²) in [6, 6.07) is 9.33. The van der Waals surface area contributed by atoms with Gasteiger partial charge in [-0.25, -0.2) is 0 Å². The summed E-state index contributed by atoms with van der Waals surface area (Å²) < 4.78 is 0. The zero-order chi connectivity index (χ0) is 13.3. The van der Waals surface area contributed by atoms with Crippen molar-refractivity contribution in [2.24, 2.45) is 0 Å². The fourth-order valence-corrected chi connectivity index (χ4v) is 2.54. The molecule has 94 valence electrons. The molecule has 0 saturated carbocycles. The maximum Gasteiger partial charge on any atom is 0.0630 e. The number of benzene rings is 2. The second-order valence-corrected chi connectivity index (χ2v) is 5.68. The number of aryl methyl sites for hydroxylation is 1. The Balaban J connectivity index is 2.39. The molecule has 0 bridgehead atoms. The normalized spacial score (nSPS) is 10.7. The van der Waals surface area contributed by atoms with E-state index in [2.05, 4.69) is 0 Å². The SMILES string of the molecule is Cc1ccc(Cl)c(Cl)c1Cc1ccc(Cl)c(Cl)c1. The summed E-state index contributed by atoms with van der Waals surface area (Å²) in [4.78, 5) is 0. The average Bonchev–Trinajstić information content (AvgIpc) is 2.34. The summed E-state index contributed by atoms with van der Waals surface area (Å²) in [6.07, 6.45) is 0.683. The van der Waals surface area contributed by atoms with Crippen LogP contribution in [0.25, 0.3) is 0 Å². The fraction of sp³-hybridized carbons (Fsp3) is 0.143. The Morgan fingerprint density at radius 1 is 0.833 bits per heavy atom. The third-order valence-corrected chi connectivity index (χ3v) is 4.38. The first-order chi connectivity index (χ1) is 8.49. The molecular formula is C14H10Cl4. The van der Waals surface area contributed by atoms with E-state index in [1.807, 2.05) is 25.1 Å². The van der Waals surface area contributed by atoms with Crippen LogP contribution in [0.1, 0.15) is 16.7 Å². The van der Waals surface area contributed by atoms with Gasteiger partial charge in [-0.2, -0.15) is 0 Å². The van der Waals surface area contributed by atoms with E-state index < -0.39 is 0 Å². The quantitative estimate of drug-likeness (QED) is 0.618. The van der Waals surface area contributed by atoms with E-state index in [-0.39, 0.29) is 0 Å². The molecular weight excluding hydrogens is 310 g/mol. The van der Waals surface area contributed by atoms with Gasteiger partial charge < -0.3 is 0 Å². The minimum atomic E-state index is 0.546. The van der Waals surface area contributed by atoms with Gasteiger partial charge in [0.05, 0.1) is 20.1 Å². The minimum Gasteiger partial charge on any atom is -0.0827 e. The van der Waals surface area contributed by atoms with Gasteiger partial charge in [0, 0.05) is 0 Å². The molecule has 2 aromatic carbocycles. The van der Waals surface area contributed by atoms with Crippen LogP contribution in [-0.2, 0) is 6.42 Å². The smallest absolute Gasteiger partial charge is 0.0630 e. The highest BCUT2D eigenvalue weighted by atomic mass is 35.5. The summed E-state index contributed by atoms with van der Waals surface area (Å²) in [5.74, 6) is 0. The lowest BCUT2D eigenvalue weighted by Crippen LogP contribution is -1.94. The van der Waals surface area contributed by atoms with E-state index >= 15 is 0 Å². The fourth-order valence-electron chi connectivity index (χ4n) is 1.76. The van der Waals surface area contributed by atoms with Gasteiger partial charge in [0.1, 0.15) is 0 Å². The molecule has 2 aromatic rings. The zero-order valence-electron chi connectivity index (χ0n) is 9.61. The van der Waals surface area contributed by atoms with Crippen LogP contribution in [0.5, 0.6) is 0 Å². The van der Waals surface area contributed by atoms with E-state index in [9.17, 15) is 0 Å². The Labute approximate surface area is 126 Å². The predicted octanol–water partition coefficient (Wildman–Crippen LogP) is 6.20. The lowest BCUT2D eigenvalue weighted by Gasteiger charge is -2.10. The van der Waals surface area contributed by atoms with Gasteiger partial charge in [-0.3, -0.25) is 0 Å². The van der Waals surface area contributed by atoms with Gasteiger partial charge in [-0.1, -0.05) is 58.5 Å². The monoisotopic (exact) mass is 318 g/mol. The molecule has 0 spiro atoms. The van der Waals surface area contributed by atoms with Gasteiger partial charge in [-0.15, -0.1) is 0 Å². The van der Waals surface area contributed by atoms with Crippen molar-refractivity contribution in [3.63, 3.8) is 0 Å². The first-order valence-electron chi connectivity index (χ1n) is 5.36. The minimum absolute atomic E-state index is 0.546. The average molecular weight is 320 g/mol. The topological polar surface area (TPSA) is 0 Å². The highest BCUT2D eigenvalue weighted by molar-refractivity contribution is 6.43. The van der Waals surface area contributed by atoms with Crippen LogP contribution < -0.4 is 0 Å². The van der Waals surface area contributed by atoms with Gasteiger partial charge in [-0.05, 0) is 48.2 Å². The van der Waals surface area contributed by atoms with Crippen LogP contribution >= 0.6 is 46.4 Å².